The second kappa shape index (κ2) is 9.38. The molecule has 4 atom stereocenters. The van der Waals surface area contributed by atoms with Crippen LogP contribution in [0.1, 0.15) is 39.2 Å². The molecule has 3 fully saturated rings. The zero-order chi connectivity index (χ0) is 24.9. The van der Waals surface area contributed by atoms with Gasteiger partial charge in [0.05, 0.1) is 17.2 Å². The van der Waals surface area contributed by atoms with Gasteiger partial charge in [-0.2, -0.15) is 0 Å². The van der Waals surface area contributed by atoms with Gasteiger partial charge >= 0.3 is 0 Å². The van der Waals surface area contributed by atoms with Gasteiger partial charge in [-0.25, -0.2) is 4.98 Å². The molecule has 35 heavy (non-hydrogen) atoms. The second-order valence-corrected chi connectivity index (χ2v) is 11.9. The average molecular weight is 530 g/mol. The number of nitrogens with one attached hydrogen (secondary N) is 2. The van der Waals surface area contributed by atoms with E-state index in [0.29, 0.717) is 56.4 Å². The topological polar surface area (TPSA) is 58.9 Å². The fourth-order valence-corrected chi connectivity index (χ4v) is 6.81. The number of fused-ring (bicyclic) bond motifs is 3. The minimum atomic E-state index is -0.0785. The second-order valence-electron chi connectivity index (χ2n) is 10.6. The van der Waals surface area contributed by atoms with Crippen LogP contribution >= 0.6 is 35.4 Å². The van der Waals surface area contributed by atoms with Gasteiger partial charge in [0.1, 0.15) is 0 Å². The number of nitrogens with zero attached hydrogens (tertiary/aromatic N) is 2. The molecule has 0 unspecified atom stereocenters. The lowest BCUT2D eigenvalue weighted by molar-refractivity contribution is -0.111. The number of aryl methyl sites for hydroxylation is 2. The third-order valence-corrected chi connectivity index (χ3v) is 9.20. The lowest BCUT2D eigenvalue weighted by atomic mass is 9.45. The highest BCUT2D eigenvalue weighted by Crippen LogP contribution is 2.61. The van der Waals surface area contributed by atoms with E-state index in [2.05, 4.69) is 36.4 Å². The molecule has 3 aliphatic rings. The average Bonchev–Trinajstić information content (AvgIpc) is 2.80. The first-order valence-corrected chi connectivity index (χ1v) is 13.3. The minimum absolute atomic E-state index is 0.0785. The summed E-state index contributed by atoms with van der Waals surface area (Å²) in [4.78, 5) is 17.5. The third kappa shape index (κ3) is 4.68. The van der Waals surface area contributed by atoms with Crippen LogP contribution < -0.4 is 16.2 Å². The van der Waals surface area contributed by atoms with Crippen LogP contribution in [0.2, 0.25) is 10.0 Å². The Kier molecular flexibility index (Phi) is 6.58. The summed E-state index contributed by atoms with van der Waals surface area (Å²) in [5, 5.41) is 9.21. The van der Waals surface area contributed by atoms with Gasteiger partial charge in [0.25, 0.3) is 5.56 Å². The third-order valence-electron chi connectivity index (χ3n) is 8.39. The fraction of sp³-hybridized carbons (Fsp3) is 0.444. The summed E-state index contributed by atoms with van der Waals surface area (Å²) in [6.07, 6.45) is 4.70. The van der Waals surface area contributed by atoms with Crippen LogP contribution in [0.5, 0.6) is 0 Å². The van der Waals surface area contributed by atoms with Crippen molar-refractivity contribution in [1.29, 1.82) is 0 Å². The maximum atomic E-state index is 13.0. The zero-order valence-corrected chi connectivity index (χ0v) is 22.5. The molecule has 3 aliphatic carbocycles. The number of aromatic nitrogens is 2. The molecule has 0 aliphatic heterocycles. The van der Waals surface area contributed by atoms with Crippen molar-refractivity contribution >= 4 is 57.1 Å². The summed E-state index contributed by atoms with van der Waals surface area (Å²) in [5.41, 5.74) is 2.77. The first-order valence-electron chi connectivity index (χ1n) is 12.1. The number of anilines is 1. The quantitative estimate of drug-likeness (QED) is 0.380. The number of benzene rings is 2. The highest BCUT2D eigenvalue weighted by Gasteiger charge is 2.56. The van der Waals surface area contributed by atoms with Crippen molar-refractivity contribution in [2.24, 2.45) is 23.2 Å². The van der Waals surface area contributed by atoms with Crippen molar-refractivity contribution in [2.75, 3.05) is 5.32 Å². The molecule has 8 heteroatoms. The largest absolute Gasteiger partial charge is 0.359 e. The van der Waals surface area contributed by atoms with Gasteiger partial charge in [-0.15, -0.1) is 0 Å². The number of hydrogen-bond donors (Lipinski definition) is 2. The summed E-state index contributed by atoms with van der Waals surface area (Å²) in [7, 11) is 0. The van der Waals surface area contributed by atoms with Gasteiger partial charge in [0.2, 0.25) is 0 Å². The molecular formula is C27H30Cl2N4OS. The van der Waals surface area contributed by atoms with E-state index in [4.69, 9.17) is 35.4 Å². The van der Waals surface area contributed by atoms with E-state index >= 15 is 0 Å². The molecule has 5 nitrogen and oxygen atoms in total. The van der Waals surface area contributed by atoms with Gasteiger partial charge in [0.15, 0.2) is 5.11 Å². The number of halogens is 2. The van der Waals surface area contributed by atoms with Crippen molar-refractivity contribution in [3.63, 3.8) is 0 Å². The molecule has 3 saturated carbocycles. The molecule has 184 valence electrons. The Labute approximate surface area is 221 Å². The van der Waals surface area contributed by atoms with E-state index < -0.39 is 0 Å². The molecule has 0 spiro atoms. The molecule has 1 heterocycles. The van der Waals surface area contributed by atoms with Crippen LogP contribution in [0.4, 0.5) is 5.69 Å². The van der Waals surface area contributed by atoms with Crippen molar-refractivity contribution < 1.29 is 0 Å². The lowest BCUT2D eigenvalue weighted by Crippen LogP contribution is -2.61. The van der Waals surface area contributed by atoms with Crippen molar-refractivity contribution in [3.8, 4) is 0 Å². The summed E-state index contributed by atoms with van der Waals surface area (Å²) >= 11 is 17.9. The fourth-order valence-electron chi connectivity index (χ4n) is 6.04. The van der Waals surface area contributed by atoms with Crippen LogP contribution in [0.15, 0.2) is 47.5 Å². The molecule has 0 radical (unpaired) electrons. The Balaban J connectivity index is 1.24. The maximum Gasteiger partial charge on any atom is 0.261 e. The Hall–Kier alpha value is -2.15. The first kappa shape index (κ1) is 24.5. The molecule has 0 saturated heterocycles. The number of hydrogen-bond acceptors (Lipinski definition) is 3. The minimum Gasteiger partial charge on any atom is -0.359 e. The van der Waals surface area contributed by atoms with E-state index in [-0.39, 0.29) is 5.56 Å². The predicted octanol–water partition coefficient (Wildman–Crippen LogP) is 6.30. The monoisotopic (exact) mass is 528 g/mol. The van der Waals surface area contributed by atoms with E-state index in [1.807, 2.05) is 24.3 Å². The Bertz CT molecular complexity index is 1350. The highest BCUT2D eigenvalue weighted by molar-refractivity contribution is 7.80. The summed E-state index contributed by atoms with van der Waals surface area (Å²) in [6, 6.07) is 11.4. The van der Waals surface area contributed by atoms with Crippen molar-refractivity contribution in [1.82, 2.24) is 14.9 Å². The van der Waals surface area contributed by atoms with Gasteiger partial charge in [-0.1, -0.05) is 50.0 Å². The summed E-state index contributed by atoms with van der Waals surface area (Å²) < 4.78 is 1.61. The zero-order valence-electron chi connectivity index (χ0n) is 20.1. The smallest absolute Gasteiger partial charge is 0.261 e. The first-order chi connectivity index (χ1) is 16.6. The summed E-state index contributed by atoms with van der Waals surface area (Å²) in [5.74, 6) is 2.12. The van der Waals surface area contributed by atoms with E-state index in [1.165, 1.54) is 6.42 Å². The molecule has 0 amide bonds. The molecule has 1 aromatic heterocycles. The van der Waals surface area contributed by atoms with Crippen LogP contribution in [-0.4, -0.2) is 20.7 Å². The molecule has 2 bridgehead atoms. The molecule has 6 rings (SSSR count). The van der Waals surface area contributed by atoms with Crippen molar-refractivity contribution in [3.05, 3.63) is 68.7 Å². The lowest BCUT2D eigenvalue weighted by Gasteiger charge is -2.62. The van der Waals surface area contributed by atoms with E-state index in [0.717, 1.165) is 29.5 Å². The number of rotatable bonds is 5. The summed E-state index contributed by atoms with van der Waals surface area (Å²) in [6.45, 7) is 7.62. The number of thiocarbonyl (C=S) groups is 1. The maximum absolute atomic E-state index is 13.0. The highest BCUT2D eigenvalue weighted by atomic mass is 35.5. The van der Waals surface area contributed by atoms with E-state index in [9.17, 15) is 4.79 Å². The van der Waals surface area contributed by atoms with Gasteiger partial charge in [-0.3, -0.25) is 9.36 Å². The Morgan fingerprint density at radius 1 is 1.20 bits per heavy atom. The van der Waals surface area contributed by atoms with Gasteiger partial charge in [0, 0.05) is 28.3 Å². The Morgan fingerprint density at radius 2 is 2.00 bits per heavy atom. The van der Waals surface area contributed by atoms with Gasteiger partial charge < -0.3 is 10.6 Å². The molecule has 2 N–H and O–H groups in total. The predicted molar refractivity (Wildman–Crippen MR) is 148 cm³/mol. The molecule has 3 aromatic rings. The Morgan fingerprint density at radius 3 is 2.71 bits per heavy atom. The SMILES string of the molecule is C[C@H]1[C@@H](NC(=S)Nc2ccc3c(=O)n(CCc4ccc(Cl)cc4Cl)cnc3c2)C[C@@H]2C[C@@H]1C2(C)C. The van der Waals surface area contributed by atoms with Crippen LogP contribution in [0.3, 0.4) is 0 Å². The van der Waals surface area contributed by atoms with Crippen LogP contribution in [0, 0.1) is 23.2 Å². The van der Waals surface area contributed by atoms with Gasteiger partial charge in [-0.05, 0) is 90.5 Å². The molecular weight excluding hydrogens is 499 g/mol. The molecule has 2 aromatic carbocycles. The van der Waals surface area contributed by atoms with Crippen molar-refractivity contribution in [2.45, 2.75) is 52.6 Å². The standard InChI is InChI=1S/C27H30Cl2N4OS/c1-15-21-10-17(27(21,2)3)11-23(15)32-26(35)31-19-6-7-20-24(13-19)30-14-33(25(20)34)9-8-16-4-5-18(28)12-22(16)29/h4-7,12-15,17,21,23H,8-11H2,1-3H3,(H2,31,32,35)/t15-,17+,21+,23+/m1/s1. The normalized spacial score (nSPS) is 24.6. The van der Waals surface area contributed by atoms with Crippen LogP contribution in [-0.2, 0) is 13.0 Å². The van der Waals surface area contributed by atoms with E-state index in [1.54, 1.807) is 23.0 Å². The van der Waals surface area contributed by atoms with Crippen LogP contribution in [0.25, 0.3) is 10.9 Å².